The Labute approximate surface area is 165 Å². The minimum atomic E-state index is -4.53. The van der Waals surface area contributed by atoms with E-state index in [2.05, 4.69) is 15.4 Å². The van der Waals surface area contributed by atoms with Crippen LogP contribution in [-0.2, 0) is 13.2 Å². The van der Waals surface area contributed by atoms with Crippen molar-refractivity contribution in [3.63, 3.8) is 0 Å². The highest BCUT2D eigenvalue weighted by molar-refractivity contribution is 5.91. The van der Waals surface area contributed by atoms with Gasteiger partial charge in [0.05, 0.1) is 17.2 Å². The van der Waals surface area contributed by atoms with Crippen molar-refractivity contribution in [2.45, 2.75) is 12.1 Å². The van der Waals surface area contributed by atoms with E-state index >= 15 is 0 Å². The molecule has 0 atom stereocenters. The fraction of sp³-hybridized carbons (Fsp3) is 0.250. The fourth-order valence-electron chi connectivity index (χ4n) is 3.30. The molecule has 0 spiro atoms. The lowest BCUT2D eigenvalue weighted by Gasteiger charge is -2.38. The van der Waals surface area contributed by atoms with Crippen molar-refractivity contribution in [3.05, 3.63) is 66.0 Å². The van der Waals surface area contributed by atoms with Crippen LogP contribution in [-0.4, -0.2) is 38.8 Å². The number of aromatic nitrogens is 3. The van der Waals surface area contributed by atoms with Crippen LogP contribution in [0.1, 0.15) is 17.3 Å². The van der Waals surface area contributed by atoms with Gasteiger partial charge < -0.3 is 10.2 Å². The number of para-hydroxylation sites is 1. The van der Waals surface area contributed by atoms with Crippen LogP contribution in [0.2, 0.25) is 0 Å². The molecular weight excluding hydrogens is 383 g/mol. The molecule has 0 radical (unpaired) electrons. The third-order valence-corrected chi connectivity index (χ3v) is 4.84. The van der Waals surface area contributed by atoms with Crippen molar-refractivity contribution in [2.24, 2.45) is 7.05 Å². The van der Waals surface area contributed by atoms with E-state index in [1.165, 1.54) is 23.1 Å². The van der Waals surface area contributed by atoms with Gasteiger partial charge in [0.15, 0.2) is 5.82 Å². The van der Waals surface area contributed by atoms with Crippen LogP contribution < -0.4 is 5.32 Å². The molecule has 1 aliphatic rings. The maximum Gasteiger partial charge on any atom is 0.418 e. The van der Waals surface area contributed by atoms with Gasteiger partial charge in [0.25, 0.3) is 0 Å². The molecule has 150 valence electrons. The molecule has 0 saturated carbocycles. The minimum Gasteiger partial charge on any atom is -0.323 e. The molecule has 1 aliphatic heterocycles. The second-order valence-corrected chi connectivity index (χ2v) is 6.86. The van der Waals surface area contributed by atoms with Gasteiger partial charge in [-0.1, -0.05) is 42.5 Å². The first-order valence-electron chi connectivity index (χ1n) is 9.01. The van der Waals surface area contributed by atoms with Crippen molar-refractivity contribution >= 4 is 11.7 Å². The first-order chi connectivity index (χ1) is 13.8. The molecule has 6 nitrogen and oxygen atoms in total. The molecule has 4 rings (SSSR count). The van der Waals surface area contributed by atoms with Crippen molar-refractivity contribution in [1.29, 1.82) is 0 Å². The van der Waals surface area contributed by atoms with Crippen LogP contribution in [0.3, 0.4) is 0 Å². The number of urea groups is 1. The number of alkyl halides is 3. The van der Waals surface area contributed by atoms with E-state index in [4.69, 9.17) is 0 Å². The molecular formula is C20H18F3N5O. The molecule has 2 amide bonds. The predicted octanol–water partition coefficient (Wildman–Crippen LogP) is 4.13. The predicted molar refractivity (Wildman–Crippen MR) is 101 cm³/mol. The largest absolute Gasteiger partial charge is 0.418 e. The molecule has 0 unspecified atom stereocenters. The minimum absolute atomic E-state index is 0.0198. The molecule has 1 saturated heterocycles. The van der Waals surface area contributed by atoms with Crippen molar-refractivity contribution < 1.29 is 18.0 Å². The van der Waals surface area contributed by atoms with Gasteiger partial charge >= 0.3 is 12.2 Å². The van der Waals surface area contributed by atoms with E-state index < -0.39 is 17.8 Å². The molecule has 9 heteroatoms. The average molecular weight is 401 g/mol. The van der Waals surface area contributed by atoms with Gasteiger partial charge in [-0.25, -0.2) is 9.78 Å². The molecule has 3 aromatic rings. The number of aryl methyl sites for hydroxylation is 1. The number of amides is 2. The highest BCUT2D eigenvalue weighted by atomic mass is 19.4. The number of halogens is 3. The zero-order valence-electron chi connectivity index (χ0n) is 15.5. The summed E-state index contributed by atoms with van der Waals surface area (Å²) in [6.07, 6.45) is -4.53. The van der Waals surface area contributed by atoms with Crippen LogP contribution in [0, 0.1) is 0 Å². The summed E-state index contributed by atoms with van der Waals surface area (Å²) in [6.45, 7) is 0.724. The summed E-state index contributed by atoms with van der Waals surface area (Å²) in [5, 5.41) is 6.78. The molecule has 1 fully saturated rings. The summed E-state index contributed by atoms with van der Waals surface area (Å²) in [7, 11) is 1.79. The van der Waals surface area contributed by atoms with E-state index in [1.54, 1.807) is 11.7 Å². The molecule has 1 aromatic heterocycles. The number of anilines is 1. The number of rotatable bonds is 3. The van der Waals surface area contributed by atoms with Crippen LogP contribution in [0.4, 0.5) is 23.7 Å². The molecule has 0 bridgehead atoms. The van der Waals surface area contributed by atoms with E-state index in [0.717, 1.165) is 17.5 Å². The summed E-state index contributed by atoms with van der Waals surface area (Å²) >= 11 is 0. The summed E-state index contributed by atoms with van der Waals surface area (Å²) in [5.41, 5.74) is -0.225. The number of carbonyl (C=O) groups excluding carboxylic acids is 1. The summed E-state index contributed by atoms with van der Waals surface area (Å²) < 4.78 is 40.9. The first kappa shape index (κ1) is 19.0. The first-order valence-corrected chi connectivity index (χ1v) is 9.01. The molecule has 0 aliphatic carbocycles. The number of benzene rings is 2. The SMILES string of the molecule is Cn1nc(-c2ccccc2)nc1C1CN(C(=O)Nc2ccccc2C(F)(F)F)C1. The van der Waals surface area contributed by atoms with Gasteiger partial charge in [-0.15, -0.1) is 0 Å². The number of carbonyl (C=O) groups is 1. The zero-order valence-corrected chi connectivity index (χ0v) is 15.5. The maximum atomic E-state index is 13.1. The highest BCUT2D eigenvalue weighted by Crippen LogP contribution is 2.35. The third-order valence-electron chi connectivity index (χ3n) is 4.84. The number of likely N-dealkylation sites (tertiary alicyclic amines) is 1. The fourth-order valence-corrected chi connectivity index (χ4v) is 3.30. The smallest absolute Gasteiger partial charge is 0.323 e. The lowest BCUT2D eigenvalue weighted by molar-refractivity contribution is -0.136. The molecule has 2 heterocycles. The van der Waals surface area contributed by atoms with Gasteiger partial charge in [-0.3, -0.25) is 4.68 Å². The van der Waals surface area contributed by atoms with Gasteiger partial charge in [0, 0.05) is 25.7 Å². The average Bonchev–Trinajstić information content (AvgIpc) is 3.02. The number of hydrogen-bond donors (Lipinski definition) is 1. The van der Waals surface area contributed by atoms with E-state index in [1.807, 2.05) is 30.3 Å². The number of nitrogens with zero attached hydrogens (tertiary/aromatic N) is 4. The lowest BCUT2D eigenvalue weighted by Crippen LogP contribution is -2.51. The third kappa shape index (κ3) is 3.80. The van der Waals surface area contributed by atoms with Gasteiger partial charge in [-0.05, 0) is 12.1 Å². The molecule has 1 N–H and O–H groups in total. The molecule has 2 aromatic carbocycles. The topological polar surface area (TPSA) is 63.1 Å². The Morgan fingerprint density at radius 1 is 1.07 bits per heavy atom. The Hall–Kier alpha value is -3.36. The van der Waals surface area contributed by atoms with E-state index in [-0.39, 0.29) is 11.6 Å². The standard InChI is InChI=1S/C20H18F3N5O/c1-27-18(25-17(26-27)13-7-3-2-4-8-13)14-11-28(12-14)19(29)24-16-10-6-5-9-15(16)20(21,22)23/h2-10,14H,11-12H2,1H3,(H,24,29). The van der Waals surface area contributed by atoms with Gasteiger partial charge in [-0.2, -0.15) is 18.3 Å². The highest BCUT2D eigenvalue weighted by Gasteiger charge is 2.37. The normalized spacial score (nSPS) is 14.6. The Morgan fingerprint density at radius 2 is 1.72 bits per heavy atom. The number of hydrogen-bond acceptors (Lipinski definition) is 3. The zero-order chi connectivity index (χ0) is 20.6. The Balaban J connectivity index is 1.42. The maximum absolute atomic E-state index is 13.1. The van der Waals surface area contributed by atoms with Crippen molar-refractivity contribution in [3.8, 4) is 11.4 Å². The summed E-state index contributed by atoms with van der Waals surface area (Å²) in [6, 6.07) is 13.9. The Kier molecular flexibility index (Phi) is 4.73. The van der Waals surface area contributed by atoms with Crippen molar-refractivity contribution in [1.82, 2.24) is 19.7 Å². The quantitative estimate of drug-likeness (QED) is 0.718. The second-order valence-electron chi connectivity index (χ2n) is 6.86. The summed E-state index contributed by atoms with van der Waals surface area (Å²) in [4.78, 5) is 18.4. The molecule has 29 heavy (non-hydrogen) atoms. The monoisotopic (exact) mass is 401 g/mol. The van der Waals surface area contributed by atoms with E-state index in [9.17, 15) is 18.0 Å². The summed E-state index contributed by atoms with van der Waals surface area (Å²) in [5.74, 6) is 1.32. The lowest BCUT2D eigenvalue weighted by atomic mass is 10.00. The van der Waals surface area contributed by atoms with Crippen LogP contribution in [0.15, 0.2) is 54.6 Å². The van der Waals surface area contributed by atoms with Crippen LogP contribution in [0.5, 0.6) is 0 Å². The van der Waals surface area contributed by atoms with Crippen molar-refractivity contribution in [2.75, 3.05) is 18.4 Å². The van der Waals surface area contributed by atoms with Crippen LogP contribution in [0.25, 0.3) is 11.4 Å². The van der Waals surface area contributed by atoms with Gasteiger partial charge in [0.2, 0.25) is 0 Å². The van der Waals surface area contributed by atoms with Gasteiger partial charge in [0.1, 0.15) is 5.82 Å². The number of nitrogens with one attached hydrogen (secondary N) is 1. The second kappa shape index (κ2) is 7.23. The Morgan fingerprint density at radius 3 is 2.41 bits per heavy atom. The van der Waals surface area contributed by atoms with Crippen LogP contribution >= 0.6 is 0 Å². The Bertz CT molecular complexity index is 1030. The van der Waals surface area contributed by atoms with E-state index in [0.29, 0.717) is 18.9 Å².